The second kappa shape index (κ2) is 6.78. The van der Waals surface area contributed by atoms with Crippen molar-refractivity contribution in [2.24, 2.45) is 0 Å². The second-order valence-corrected chi connectivity index (χ2v) is 6.42. The molecule has 5 heteroatoms. The van der Waals surface area contributed by atoms with Gasteiger partial charge < -0.3 is 4.90 Å². The van der Waals surface area contributed by atoms with Crippen molar-refractivity contribution < 1.29 is 4.79 Å². The first kappa shape index (κ1) is 15.6. The van der Waals surface area contributed by atoms with Crippen LogP contribution >= 0.6 is 45.8 Å². The van der Waals surface area contributed by atoms with Crippen LogP contribution in [-0.4, -0.2) is 17.9 Å². The first-order valence-electron chi connectivity index (χ1n) is 5.93. The number of hydrogen-bond donors (Lipinski definition) is 0. The fourth-order valence-electron chi connectivity index (χ4n) is 1.84. The van der Waals surface area contributed by atoms with Crippen molar-refractivity contribution >= 4 is 51.7 Å². The number of amides is 1. The molecule has 0 bridgehead atoms. The van der Waals surface area contributed by atoms with Crippen LogP contribution in [0.1, 0.15) is 15.9 Å². The van der Waals surface area contributed by atoms with Crippen molar-refractivity contribution in [3.8, 4) is 0 Å². The molecule has 20 heavy (non-hydrogen) atoms. The summed E-state index contributed by atoms with van der Waals surface area (Å²) in [6.07, 6.45) is 0. The Labute approximate surface area is 141 Å². The van der Waals surface area contributed by atoms with E-state index < -0.39 is 0 Å². The Balaban J connectivity index is 2.18. The van der Waals surface area contributed by atoms with Gasteiger partial charge in [-0.3, -0.25) is 4.79 Å². The first-order valence-corrected chi connectivity index (χ1v) is 7.76. The number of nitrogens with zero attached hydrogens (tertiary/aromatic N) is 1. The summed E-state index contributed by atoms with van der Waals surface area (Å²) in [6.45, 7) is 0.420. The molecule has 0 aliphatic carbocycles. The molecule has 0 aromatic heterocycles. The predicted molar refractivity (Wildman–Crippen MR) is 91.4 cm³/mol. The normalized spacial score (nSPS) is 10.4. The Hall–Kier alpha value is -0.780. The van der Waals surface area contributed by atoms with E-state index in [0.717, 1.165) is 9.13 Å². The zero-order valence-electron chi connectivity index (χ0n) is 10.7. The predicted octanol–water partition coefficient (Wildman–Crippen LogP) is 4.87. The zero-order valence-corrected chi connectivity index (χ0v) is 14.4. The molecule has 0 saturated heterocycles. The minimum Gasteiger partial charge on any atom is -0.337 e. The average molecular weight is 420 g/mol. The molecule has 0 aliphatic rings. The van der Waals surface area contributed by atoms with Gasteiger partial charge in [-0.2, -0.15) is 0 Å². The van der Waals surface area contributed by atoms with Gasteiger partial charge in [0.15, 0.2) is 0 Å². The lowest BCUT2D eigenvalue weighted by atomic mass is 10.1. The van der Waals surface area contributed by atoms with E-state index in [0.29, 0.717) is 22.2 Å². The maximum absolute atomic E-state index is 12.3. The van der Waals surface area contributed by atoms with Gasteiger partial charge in [0, 0.05) is 22.7 Å². The summed E-state index contributed by atoms with van der Waals surface area (Å²) in [7, 11) is 1.75. The molecule has 0 unspecified atom stereocenters. The van der Waals surface area contributed by atoms with Gasteiger partial charge in [-0.25, -0.2) is 0 Å². The molecule has 1 amide bonds. The summed E-state index contributed by atoms with van der Waals surface area (Å²) in [5.41, 5.74) is 1.50. The maximum atomic E-state index is 12.3. The van der Waals surface area contributed by atoms with Crippen molar-refractivity contribution in [2.75, 3.05) is 7.05 Å². The molecule has 0 spiro atoms. The standard InChI is InChI=1S/C15H12Cl2INO/c1-19(9-11-5-3-7-13(16)14(11)17)15(20)10-4-2-6-12(18)8-10/h2-8H,9H2,1H3. The van der Waals surface area contributed by atoms with E-state index in [-0.39, 0.29) is 5.91 Å². The van der Waals surface area contributed by atoms with Crippen LogP contribution in [0, 0.1) is 3.57 Å². The van der Waals surface area contributed by atoms with Crippen molar-refractivity contribution in [1.82, 2.24) is 4.90 Å². The van der Waals surface area contributed by atoms with Gasteiger partial charge in [-0.15, -0.1) is 0 Å². The Bertz CT molecular complexity index is 646. The fraction of sp³-hybridized carbons (Fsp3) is 0.133. The molecule has 0 atom stereocenters. The minimum atomic E-state index is -0.0421. The third-order valence-corrected chi connectivity index (χ3v) is 4.39. The summed E-state index contributed by atoms with van der Waals surface area (Å²) in [5.74, 6) is -0.0421. The summed E-state index contributed by atoms with van der Waals surface area (Å²) < 4.78 is 1.03. The van der Waals surface area contributed by atoms with Gasteiger partial charge in [0.1, 0.15) is 0 Å². The van der Waals surface area contributed by atoms with Gasteiger partial charge in [0.2, 0.25) is 0 Å². The van der Waals surface area contributed by atoms with Gasteiger partial charge in [0.05, 0.1) is 10.0 Å². The van der Waals surface area contributed by atoms with E-state index in [1.165, 1.54) is 0 Å². The molecule has 2 aromatic rings. The second-order valence-electron chi connectivity index (χ2n) is 4.38. The van der Waals surface area contributed by atoms with Crippen molar-refractivity contribution in [3.63, 3.8) is 0 Å². The highest BCUT2D eigenvalue weighted by molar-refractivity contribution is 14.1. The molecular formula is C15H12Cl2INO. The molecule has 2 aromatic carbocycles. The summed E-state index contributed by atoms with van der Waals surface area (Å²) >= 11 is 14.3. The Morgan fingerprint density at radius 3 is 2.60 bits per heavy atom. The van der Waals surface area contributed by atoms with E-state index in [1.54, 1.807) is 24.1 Å². The molecule has 2 rings (SSSR count). The number of hydrogen-bond acceptors (Lipinski definition) is 1. The molecule has 2 nitrogen and oxygen atoms in total. The Kier molecular flexibility index (Phi) is 5.29. The molecule has 0 radical (unpaired) electrons. The van der Waals surface area contributed by atoms with Crippen LogP contribution in [-0.2, 0) is 6.54 Å². The lowest BCUT2D eigenvalue weighted by Gasteiger charge is -2.18. The largest absolute Gasteiger partial charge is 0.337 e. The number of benzene rings is 2. The van der Waals surface area contributed by atoms with E-state index >= 15 is 0 Å². The van der Waals surface area contributed by atoms with Crippen molar-refractivity contribution in [3.05, 3.63) is 67.2 Å². The number of halogens is 3. The van der Waals surface area contributed by atoms with Crippen molar-refractivity contribution in [1.29, 1.82) is 0 Å². The third kappa shape index (κ3) is 3.65. The van der Waals surface area contributed by atoms with E-state index in [1.807, 2.05) is 30.3 Å². The minimum absolute atomic E-state index is 0.0421. The number of carbonyl (C=O) groups excluding carboxylic acids is 1. The molecule has 0 N–H and O–H groups in total. The van der Waals surface area contributed by atoms with Gasteiger partial charge in [-0.1, -0.05) is 41.4 Å². The van der Waals surface area contributed by atoms with Crippen LogP contribution < -0.4 is 0 Å². The molecule has 0 saturated carbocycles. The quantitative estimate of drug-likeness (QED) is 0.650. The number of carbonyl (C=O) groups is 1. The van der Waals surface area contributed by atoms with Crippen LogP contribution in [0.25, 0.3) is 0 Å². The van der Waals surface area contributed by atoms with Crippen LogP contribution in [0.3, 0.4) is 0 Å². The summed E-state index contributed by atoms with van der Waals surface area (Å²) in [6, 6.07) is 12.9. The highest BCUT2D eigenvalue weighted by atomic mass is 127. The van der Waals surface area contributed by atoms with Crippen LogP contribution in [0.2, 0.25) is 10.0 Å². The highest BCUT2D eigenvalue weighted by Crippen LogP contribution is 2.26. The van der Waals surface area contributed by atoms with E-state index in [9.17, 15) is 4.79 Å². The van der Waals surface area contributed by atoms with Crippen LogP contribution in [0.4, 0.5) is 0 Å². The van der Waals surface area contributed by atoms with E-state index in [4.69, 9.17) is 23.2 Å². The molecule has 0 fully saturated rings. The van der Waals surface area contributed by atoms with Gasteiger partial charge in [0.25, 0.3) is 5.91 Å². The topological polar surface area (TPSA) is 20.3 Å². The van der Waals surface area contributed by atoms with Crippen molar-refractivity contribution in [2.45, 2.75) is 6.54 Å². The lowest BCUT2D eigenvalue weighted by molar-refractivity contribution is 0.0785. The van der Waals surface area contributed by atoms with E-state index in [2.05, 4.69) is 22.6 Å². The zero-order chi connectivity index (χ0) is 14.7. The monoisotopic (exact) mass is 419 g/mol. The molecule has 0 heterocycles. The first-order chi connectivity index (χ1) is 9.49. The maximum Gasteiger partial charge on any atom is 0.253 e. The summed E-state index contributed by atoms with van der Waals surface area (Å²) in [5, 5.41) is 0.996. The van der Waals surface area contributed by atoms with Crippen LogP contribution in [0.5, 0.6) is 0 Å². The SMILES string of the molecule is CN(Cc1cccc(Cl)c1Cl)C(=O)c1cccc(I)c1. The summed E-state index contributed by atoms with van der Waals surface area (Å²) in [4.78, 5) is 14.0. The third-order valence-electron chi connectivity index (χ3n) is 2.86. The average Bonchev–Trinajstić information content (AvgIpc) is 2.43. The lowest BCUT2D eigenvalue weighted by Crippen LogP contribution is -2.26. The van der Waals surface area contributed by atoms with Gasteiger partial charge in [-0.05, 0) is 52.4 Å². The Morgan fingerprint density at radius 2 is 1.90 bits per heavy atom. The highest BCUT2D eigenvalue weighted by Gasteiger charge is 2.14. The fourth-order valence-corrected chi connectivity index (χ4v) is 2.76. The Morgan fingerprint density at radius 1 is 1.20 bits per heavy atom. The van der Waals surface area contributed by atoms with Crippen LogP contribution in [0.15, 0.2) is 42.5 Å². The molecule has 104 valence electrons. The molecular weight excluding hydrogens is 408 g/mol. The molecule has 0 aliphatic heterocycles. The smallest absolute Gasteiger partial charge is 0.253 e. The number of rotatable bonds is 3. The van der Waals surface area contributed by atoms with Gasteiger partial charge >= 0.3 is 0 Å².